The number of carbonyl (C=O) groups excluding carboxylic acids is 1. The van der Waals surface area contributed by atoms with Crippen molar-refractivity contribution in [1.29, 1.82) is 0 Å². The van der Waals surface area contributed by atoms with Crippen LogP contribution in [0.15, 0.2) is 48.7 Å². The Bertz CT molecular complexity index is 552. The Morgan fingerprint density at radius 3 is 2.63 bits per heavy atom. The Labute approximate surface area is 113 Å². The molecule has 3 nitrogen and oxygen atoms in total. The average Bonchev–Trinajstić information content (AvgIpc) is 2.42. The Kier molecular flexibility index (Phi) is 4.29. The van der Waals surface area contributed by atoms with Crippen LogP contribution in [0, 0.1) is 6.92 Å². The molecule has 0 bridgehead atoms. The van der Waals surface area contributed by atoms with Gasteiger partial charge in [-0.1, -0.05) is 43.3 Å². The molecule has 0 saturated carbocycles. The summed E-state index contributed by atoms with van der Waals surface area (Å²) < 4.78 is 0. The van der Waals surface area contributed by atoms with Gasteiger partial charge in [0.2, 0.25) is 5.91 Å². The topological polar surface area (TPSA) is 42.0 Å². The van der Waals surface area contributed by atoms with Crippen molar-refractivity contribution in [2.75, 3.05) is 5.32 Å². The minimum atomic E-state index is -0.00171. The second-order valence-electron chi connectivity index (χ2n) is 4.73. The molecule has 0 aliphatic heterocycles. The summed E-state index contributed by atoms with van der Waals surface area (Å²) in [6.07, 6.45) is 2.14. The first kappa shape index (κ1) is 13.3. The van der Waals surface area contributed by atoms with Crippen LogP contribution in [0.1, 0.15) is 30.4 Å². The minimum Gasteiger partial charge on any atom is -0.310 e. The molecule has 2 rings (SSSR count). The molecule has 0 spiro atoms. The molecule has 1 unspecified atom stereocenters. The lowest BCUT2D eigenvalue weighted by Gasteiger charge is -2.12. The molecule has 0 aliphatic carbocycles. The highest BCUT2D eigenvalue weighted by Gasteiger charge is 2.12. The molecule has 1 amide bonds. The zero-order valence-corrected chi connectivity index (χ0v) is 11.3. The highest BCUT2D eigenvalue weighted by atomic mass is 16.1. The normalized spacial score (nSPS) is 11.9. The fraction of sp³-hybridized carbons (Fsp3) is 0.250. The van der Waals surface area contributed by atoms with Gasteiger partial charge < -0.3 is 5.32 Å². The Morgan fingerprint density at radius 2 is 1.95 bits per heavy atom. The van der Waals surface area contributed by atoms with E-state index in [1.807, 2.05) is 49.4 Å². The van der Waals surface area contributed by atoms with E-state index in [2.05, 4.69) is 17.2 Å². The number of nitrogens with one attached hydrogen (secondary N) is 1. The molecule has 98 valence electrons. The summed E-state index contributed by atoms with van der Waals surface area (Å²) in [4.78, 5) is 16.2. The van der Waals surface area contributed by atoms with Gasteiger partial charge in [-0.3, -0.25) is 4.79 Å². The van der Waals surface area contributed by atoms with E-state index in [1.165, 1.54) is 5.56 Å². The van der Waals surface area contributed by atoms with Gasteiger partial charge in [-0.15, -0.1) is 0 Å². The van der Waals surface area contributed by atoms with Gasteiger partial charge in [0, 0.05) is 12.6 Å². The Balaban J connectivity index is 1.97. The molecule has 1 aromatic carbocycles. The van der Waals surface area contributed by atoms with E-state index in [4.69, 9.17) is 0 Å². The first-order valence-corrected chi connectivity index (χ1v) is 6.43. The maximum atomic E-state index is 12.0. The first-order valence-electron chi connectivity index (χ1n) is 6.43. The van der Waals surface area contributed by atoms with Crippen molar-refractivity contribution in [1.82, 2.24) is 4.98 Å². The molecule has 0 saturated heterocycles. The van der Waals surface area contributed by atoms with Crippen LogP contribution in [0.2, 0.25) is 0 Å². The Morgan fingerprint density at radius 1 is 1.21 bits per heavy atom. The number of hydrogen-bond acceptors (Lipinski definition) is 2. The van der Waals surface area contributed by atoms with Crippen LogP contribution in [0.3, 0.4) is 0 Å². The van der Waals surface area contributed by atoms with E-state index >= 15 is 0 Å². The lowest BCUT2D eigenvalue weighted by atomic mass is 9.97. The maximum Gasteiger partial charge on any atom is 0.226 e. The van der Waals surface area contributed by atoms with Gasteiger partial charge in [0.1, 0.15) is 5.82 Å². The van der Waals surface area contributed by atoms with E-state index in [-0.39, 0.29) is 11.8 Å². The van der Waals surface area contributed by atoms with Crippen molar-refractivity contribution in [3.63, 3.8) is 0 Å². The summed E-state index contributed by atoms with van der Waals surface area (Å²) in [5.41, 5.74) is 2.15. The second kappa shape index (κ2) is 6.14. The third kappa shape index (κ3) is 3.65. The fourth-order valence-electron chi connectivity index (χ4n) is 1.98. The minimum absolute atomic E-state index is 0.00171. The van der Waals surface area contributed by atoms with Crippen molar-refractivity contribution < 1.29 is 4.79 Å². The van der Waals surface area contributed by atoms with Crippen molar-refractivity contribution >= 4 is 11.7 Å². The monoisotopic (exact) mass is 254 g/mol. The molecular weight excluding hydrogens is 236 g/mol. The quantitative estimate of drug-likeness (QED) is 0.907. The van der Waals surface area contributed by atoms with Crippen molar-refractivity contribution in [3.8, 4) is 0 Å². The van der Waals surface area contributed by atoms with Gasteiger partial charge in [0.15, 0.2) is 0 Å². The number of aromatic nitrogens is 1. The number of hydrogen-bond donors (Lipinski definition) is 1. The summed E-state index contributed by atoms with van der Waals surface area (Å²) in [6.45, 7) is 3.99. The molecule has 0 aliphatic rings. The molecule has 3 heteroatoms. The number of amides is 1. The van der Waals surface area contributed by atoms with E-state index in [0.29, 0.717) is 12.2 Å². The molecule has 1 atom stereocenters. The number of aryl methyl sites for hydroxylation is 1. The number of anilines is 1. The molecule has 1 heterocycles. The zero-order valence-electron chi connectivity index (χ0n) is 11.3. The summed E-state index contributed by atoms with van der Waals surface area (Å²) in [5.74, 6) is 0.844. The molecular formula is C16H18N2O. The van der Waals surface area contributed by atoms with E-state index in [1.54, 1.807) is 6.20 Å². The van der Waals surface area contributed by atoms with E-state index < -0.39 is 0 Å². The van der Waals surface area contributed by atoms with Crippen LogP contribution in [-0.4, -0.2) is 10.9 Å². The fourth-order valence-corrected chi connectivity index (χ4v) is 1.98. The number of nitrogens with zero attached hydrogens (tertiary/aromatic N) is 1. The summed E-state index contributed by atoms with van der Waals surface area (Å²) in [5, 5.41) is 2.86. The molecule has 1 N–H and O–H groups in total. The standard InChI is InChI=1S/C16H18N2O/c1-12-7-6-10-17-16(12)18-15(19)11-13(2)14-8-4-3-5-9-14/h3-10,13H,11H2,1-2H3,(H,17,18,19). The summed E-state index contributed by atoms with van der Waals surface area (Å²) in [6, 6.07) is 13.8. The van der Waals surface area contributed by atoms with Crippen LogP contribution in [0.25, 0.3) is 0 Å². The summed E-state index contributed by atoms with van der Waals surface area (Å²) in [7, 11) is 0. The molecule has 2 aromatic rings. The zero-order chi connectivity index (χ0) is 13.7. The molecule has 19 heavy (non-hydrogen) atoms. The van der Waals surface area contributed by atoms with Crippen molar-refractivity contribution in [2.45, 2.75) is 26.2 Å². The number of benzene rings is 1. The van der Waals surface area contributed by atoms with Crippen LogP contribution < -0.4 is 5.32 Å². The van der Waals surface area contributed by atoms with Gasteiger partial charge in [-0.25, -0.2) is 4.98 Å². The average molecular weight is 254 g/mol. The lowest BCUT2D eigenvalue weighted by Crippen LogP contribution is -2.16. The van der Waals surface area contributed by atoms with Crippen molar-refractivity contribution in [2.24, 2.45) is 0 Å². The second-order valence-corrected chi connectivity index (χ2v) is 4.73. The molecule has 0 fully saturated rings. The molecule has 1 aromatic heterocycles. The predicted molar refractivity (Wildman–Crippen MR) is 77.1 cm³/mol. The smallest absolute Gasteiger partial charge is 0.226 e. The van der Waals surface area contributed by atoms with Gasteiger partial charge >= 0.3 is 0 Å². The summed E-state index contributed by atoms with van der Waals surface area (Å²) >= 11 is 0. The van der Waals surface area contributed by atoms with Gasteiger partial charge in [-0.2, -0.15) is 0 Å². The van der Waals surface area contributed by atoms with E-state index in [9.17, 15) is 4.79 Å². The van der Waals surface area contributed by atoms with E-state index in [0.717, 1.165) is 5.56 Å². The predicted octanol–water partition coefficient (Wildman–Crippen LogP) is 3.52. The SMILES string of the molecule is Cc1cccnc1NC(=O)CC(C)c1ccccc1. The van der Waals surface area contributed by atoms with Crippen LogP contribution in [0.4, 0.5) is 5.82 Å². The van der Waals surface area contributed by atoms with Crippen molar-refractivity contribution in [3.05, 3.63) is 59.8 Å². The van der Waals surface area contributed by atoms with Crippen LogP contribution in [0.5, 0.6) is 0 Å². The Hall–Kier alpha value is -2.16. The van der Waals surface area contributed by atoms with Gasteiger partial charge in [0.25, 0.3) is 0 Å². The van der Waals surface area contributed by atoms with Crippen LogP contribution in [-0.2, 0) is 4.79 Å². The van der Waals surface area contributed by atoms with Gasteiger partial charge in [-0.05, 0) is 30.0 Å². The van der Waals surface area contributed by atoms with Gasteiger partial charge in [0.05, 0.1) is 0 Å². The maximum absolute atomic E-state index is 12.0. The number of pyridine rings is 1. The highest BCUT2D eigenvalue weighted by Crippen LogP contribution is 2.19. The largest absolute Gasteiger partial charge is 0.310 e. The lowest BCUT2D eigenvalue weighted by molar-refractivity contribution is -0.116. The molecule has 0 radical (unpaired) electrons. The third-order valence-electron chi connectivity index (χ3n) is 3.13. The number of carbonyl (C=O) groups is 1. The highest BCUT2D eigenvalue weighted by molar-refractivity contribution is 5.90. The van der Waals surface area contributed by atoms with Crippen LogP contribution >= 0.6 is 0 Å². The third-order valence-corrected chi connectivity index (χ3v) is 3.13. The first-order chi connectivity index (χ1) is 9.16. The number of rotatable bonds is 4.